The Kier molecular flexibility index (Phi) is 9.93. The number of nitrogens with one attached hydrogen (secondary N) is 1. The molecule has 8 heteroatoms. The molecule has 0 fully saturated rings. The summed E-state index contributed by atoms with van der Waals surface area (Å²) >= 11 is 0. The molecule has 0 saturated heterocycles. The lowest BCUT2D eigenvalue weighted by Gasteiger charge is -2.36. The molecule has 0 radical (unpaired) electrons. The maximum Gasteiger partial charge on any atom is 0.318 e. The van der Waals surface area contributed by atoms with Gasteiger partial charge in [-0.1, -0.05) is 42.5 Å². The predicted octanol–water partition coefficient (Wildman–Crippen LogP) is 6.70. The lowest BCUT2D eigenvalue weighted by Crippen LogP contribution is -2.54. The minimum absolute atomic E-state index is 0.0406. The Labute approximate surface area is 229 Å². The molecule has 6 nitrogen and oxygen atoms in total. The van der Waals surface area contributed by atoms with E-state index in [1.54, 1.807) is 45.4 Å². The molecule has 0 aliphatic carbocycles. The van der Waals surface area contributed by atoms with Gasteiger partial charge in [-0.2, -0.15) is 0 Å². The number of carbonyl (C=O) groups excluding carboxylic acids is 1. The Balaban J connectivity index is 2.06. The molecular formula is C31H36F2N2O4. The first kappa shape index (κ1) is 29.5. The van der Waals surface area contributed by atoms with Crippen molar-refractivity contribution in [3.63, 3.8) is 0 Å². The second kappa shape index (κ2) is 13.1. The number of allylic oxidation sites excluding steroid dienone is 1. The van der Waals surface area contributed by atoms with Crippen LogP contribution in [0.3, 0.4) is 0 Å². The Bertz CT molecular complexity index is 1310. The number of ether oxygens (including phenoxy) is 3. The second-order valence-electron chi connectivity index (χ2n) is 9.39. The molecule has 0 aliphatic heterocycles. The van der Waals surface area contributed by atoms with Crippen LogP contribution in [0.2, 0.25) is 0 Å². The topological polar surface area (TPSA) is 60.0 Å². The number of amides is 2. The van der Waals surface area contributed by atoms with Crippen molar-refractivity contribution in [2.75, 3.05) is 21.3 Å². The van der Waals surface area contributed by atoms with Gasteiger partial charge in [0.2, 0.25) is 0 Å². The number of aryl methyl sites for hydroxylation is 1. The van der Waals surface area contributed by atoms with Gasteiger partial charge >= 0.3 is 6.03 Å². The molecule has 0 heterocycles. The zero-order valence-electron chi connectivity index (χ0n) is 23.3. The van der Waals surface area contributed by atoms with Gasteiger partial charge in [-0.05, 0) is 50.6 Å². The molecule has 2 amide bonds. The van der Waals surface area contributed by atoms with Crippen LogP contribution in [0.15, 0.2) is 72.8 Å². The molecule has 1 N–H and O–H groups in total. The van der Waals surface area contributed by atoms with Crippen LogP contribution in [-0.2, 0) is 18.6 Å². The fraction of sp³-hybridized carbons (Fsp3) is 0.323. The van der Waals surface area contributed by atoms with Gasteiger partial charge < -0.3 is 24.4 Å². The monoisotopic (exact) mass is 538 g/mol. The van der Waals surface area contributed by atoms with Crippen LogP contribution in [0, 0.1) is 12.7 Å². The minimum atomic E-state index is -1.70. The molecule has 0 aliphatic rings. The number of nitrogens with zero attached hydrogens (tertiary/aromatic N) is 1. The van der Waals surface area contributed by atoms with Crippen molar-refractivity contribution in [1.82, 2.24) is 10.2 Å². The second-order valence-corrected chi connectivity index (χ2v) is 9.39. The number of alkyl halides is 1. The summed E-state index contributed by atoms with van der Waals surface area (Å²) in [5.74, 6) is 1.13. The molecule has 208 valence electrons. The average molecular weight is 539 g/mol. The molecule has 0 bridgehead atoms. The van der Waals surface area contributed by atoms with Crippen molar-refractivity contribution in [2.24, 2.45) is 0 Å². The lowest BCUT2D eigenvalue weighted by atomic mass is 9.86. The third-order valence-electron chi connectivity index (χ3n) is 6.66. The molecule has 3 aromatic rings. The van der Waals surface area contributed by atoms with E-state index in [0.29, 0.717) is 22.8 Å². The van der Waals surface area contributed by atoms with Crippen LogP contribution in [0.25, 0.3) is 0 Å². The van der Waals surface area contributed by atoms with Crippen LogP contribution in [0.4, 0.5) is 13.6 Å². The van der Waals surface area contributed by atoms with E-state index >= 15 is 4.39 Å². The maximum atomic E-state index is 15.6. The Hall–Kier alpha value is -4.07. The van der Waals surface area contributed by atoms with Crippen LogP contribution >= 0.6 is 0 Å². The highest BCUT2D eigenvalue weighted by Gasteiger charge is 2.40. The van der Waals surface area contributed by atoms with E-state index in [9.17, 15) is 9.18 Å². The molecule has 0 spiro atoms. The van der Waals surface area contributed by atoms with Gasteiger partial charge in [0.1, 0.15) is 34.8 Å². The summed E-state index contributed by atoms with van der Waals surface area (Å²) in [6.45, 7) is 5.35. The van der Waals surface area contributed by atoms with Crippen LogP contribution in [0.1, 0.15) is 36.1 Å². The Morgan fingerprint density at radius 1 is 0.974 bits per heavy atom. The van der Waals surface area contributed by atoms with Crippen molar-refractivity contribution in [1.29, 1.82) is 0 Å². The third-order valence-corrected chi connectivity index (χ3v) is 6.66. The van der Waals surface area contributed by atoms with Crippen molar-refractivity contribution in [2.45, 2.75) is 45.6 Å². The van der Waals surface area contributed by atoms with Gasteiger partial charge in [0, 0.05) is 22.8 Å². The van der Waals surface area contributed by atoms with E-state index < -0.39 is 23.6 Å². The quantitative estimate of drug-likeness (QED) is 0.276. The number of methoxy groups -OCH3 is 3. The molecule has 0 saturated carbocycles. The van der Waals surface area contributed by atoms with Crippen molar-refractivity contribution >= 4 is 6.03 Å². The average Bonchev–Trinajstić information content (AvgIpc) is 2.93. The number of carbonyl (C=O) groups is 1. The number of hydrogen-bond acceptors (Lipinski definition) is 4. The fourth-order valence-electron chi connectivity index (χ4n) is 4.41. The van der Waals surface area contributed by atoms with Gasteiger partial charge in [0.25, 0.3) is 0 Å². The van der Waals surface area contributed by atoms with Crippen molar-refractivity contribution < 1.29 is 27.8 Å². The standard InChI is InChI=1S/C31H36F2N2O4/c1-7-10-29(33)31(3,25-11-8-9-12-26(25)32)34-30(36)35(19-22-14-13-21(2)17-27(22)38-5)20-23-15-16-24(37-4)18-28(23)39-6/h7-18,29H,19-20H2,1-6H3,(H,34,36)/t29-,31+/m0/s1. The lowest BCUT2D eigenvalue weighted by molar-refractivity contribution is 0.153. The van der Waals surface area contributed by atoms with E-state index in [-0.39, 0.29) is 18.7 Å². The first-order valence-corrected chi connectivity index (χ1v) is 12.6. The SMILES string of the molecule is CC=C[C@H](F)[C@](C)(NC(=O)N(Cc1ccc(C)cc1OC)Cc1ccc(OC)cc1OC)c1ccccc1F. The zero-order chi connectivity index (χ0) is 28.6. The molecule has 0 unspecified atom stereocenters. The van der Waals surface area contributed by atoms with Crippen molar-refractivity contribution in [3.8, 4) is 17.2 Å². The Morgan fingerprint density at radius 3 is 2.18 bits per heavy atom. The molecular weight excluding hydrogens is 502 g/mol. The molecule has 39 heavy (non-hydrogen) atoms. The number of benzene rings is 3. The first-order chi connectivity index (χ1) is 18.7. The number of halogens is 2. The summed E-state index contributed by atoms with van der Waals surface area (Å²) in [6.07, 6.45) is 1.13. The van der Waals surface area contributed by atoms with Gasteiger partial charge in [0.05, 0.1) is 34.4 Å². The summed E-state index contributed by atoms with van der Waals surface area (Å²) in [6, 6.07) is 16.3. The maximum absolute atomic E-state index is 15.6. The van der Waals surface area contributed by atoms with Gasteiger partial charge in [-0.15, -0.1) is 0 Å². The number of hydrogen-bond donors (Lipinski definition) is 1. The summed E-state index contributed by atoms with van der Waals surface area (Å²) < 4.78 is 47.0. The summed E-state index contributed by atoms with van der Waals surface area (Å²) in [5.41, 5.74) is 0.816. The predicted molar refractivity (Wildman–Crippen MR) is 149 cm³/mol. The van der Waals surface area contributed by atoms with Crippen LogP contribution < -0.4 is 19.5 Å². The zero-order valence-corrected chi connectivity index (χ0v) is 23.3. The van der Waals surface area contributed by atoms with E-state index in [1.165, 1.54) is 49.3 Å². The van der Waals surface area contributed by atoms with Gasteiger partial charge in [-0.3, -0.25) is 0 Å². The van der Waals surface area contributed by atoms with E-state index in [4.69, 9.17) is 14.2 Å². The van der Waals surface area contributed by atoms with Crippen LogP contribution in [-0.4, -0.2) is 38.4 Å². The third kappa shape index (κ3) is 6.88. The van der Waals surface area contributed by atoms with Gasteiger partial charge in [-0.25, -0.2) is 13.6 Å². The normalized spacial score (nSPS) is 13.4. The molecule has 0 aromatic heterocycles. The van der Waals surface area contributed by atoms with E-state index in [0.717, 1.165) is 11.1 Å². The van der Waals surface area contributed by atoms with Crippen molar-refractivity contribution in [3.05, 3.63) is 101 Å². The first-order valence-electron chi connectivity index (χ1n) is 12.6. The molecule has 2 atom stereocenters. The minimum Gasteiger partial charge on any atom is -0.497 e. The van der Waals surface area contributed by atoms with E-state index in [1.807, 2.05) is 25.1 Å². The highest BCUT2D eigenvalue weighted by molar-refractivity contribution is 5.76. The smallest absolute Gasteiger partial charge is 0.318 e. The Morgan fingerprint density at radius 2 is 1.59 bits per heavy atom. The molecule has 3 aromatic carbocycles. The summed E-state index contributed by atoms with van der Waals surface area (Å²) in [7, 11) is 4.65. The highest BCUT2D eigenvalue weighted by atomic mass is 19.1. The summed E-state index contributed by atoms with van der Waals surface area (Å²) in [4.78, 5) is 15.5. The van der Waals surface area contributed by atoms with E-state index in [2.05, 4.69) is 5.32 Å². The fourth-order valence-corrected chi connectivity index (χ4v) is 4.41. The summed E-state index contributed by atoms with van der Waals surface area (Å²) in [5, 5.41) is 2.80. The number of rotatable bonds is 11. The largest absolute Gasteiger partial charge is 0.497 e. The highest BCUT2D eigenvalue weighted by Crippen LogP contribution is 2.32. The van der Waals surface area contributed by atoms with Gasteiger partial charge in [0.15, 0.2) is 0 Å². The molecule has 3 rings (SSSR count). The number of urea groups is 1. The van der Waals surface area contributed by atoms with Crippen LogP contribution in [0.5, 0.6) is 17.2 Å².